The number of nitrogens with zero attached hydrogens (tertiary/aromatic N) is 4. The lowest BCUT2D eigenvalue weighted by atomic mass is 10.4. The van der Waals surface area contributed by atoms with Crippen LogP contribution in [0.4, 0.5) is 0 Å². The number of hydrogen-bond acceptors (Lipinski definition) is 3. The monoisotopic (exact) mass is 388 g/mol. The molecule has 0 radical (unpaired) electrons. The molecule has 0 spiro atoms. The highest BCUT2D eigenvalue weighted by Gasteiger charge is 2.04. The van der Waals surface area contributed by atoms with Crippen LogP contribution in [0.25, 0.3) is 5.65 Å². The average molecular weight is 388 g/mol. The normalized spacial score (nSPS) is 11.2. The lowest BCUT2D eigenvalue weighted by Crippen LogP contribution is -2.37. The standard InChI is InChI=1S/C13H20N6.HI/c1-3-8-15-13(14-4-2)16-10-12-18-17-11-7-5-6-9-19(11)12;/h5-7,9H,3-4,8,10H2,1-2H3,(H2,14,15,16);1H. The predicted molar refractivity (Wildman–Crippen MR) is 91.5 cm³/mol. The van der Waals surface area contributed by atoms with E-state index < -0.39 is 0 Å². The molecule has 2 aromatic rings. The number of halogens is 1. The Balaban J connectivity index is 0.00000200. The summed E-state index contributed by atoms with van der Waals surface area (Å²) in [6.45, 7) is 6.44. The van der Waals surface area contributed by atoms with Crippen LogP contribution in [0.3, 0.4) is 0 Å². The van der Waals surface area contributed by atoms with Crippen LogP contribution in [0.2, 0.25) is 0 Å². The maximum atomic E-state index is 4.51. The number of rotatable bonds is 5. The molecule has 0 unspecified atom stereocenters. The predicted octanol–water partition coefficient (Wildman–Crippen LogP) is 1.81. The summed E-state index contributed by atoms with van der Waals surface area (Å²) in [6, 6.07) is 5.84. The van der Waals surface area contributed by atoms with Gasteiger partial charge in [-0.2, -0.15) is 0 Å². The first kappa shape index (κ1) is 16.7. The number of guanidine groups is 1. The van der Waals surface area contributed by atoms with E-state index in [1.807, 2.05) is 28.8 Å². The third-order valence-corrected chi connectivity index (χ3v) is 2.65. The summed E-state index contributed by atoms with van der Waals surface area (Å²) in [7, 11) is 0. The van der Waals surface area contributed by atoms with Crippen molar-refractivity contribution in [3.63, 3.8) is 0 Å². The van der Waals surface area contributed by atoms with Gasteiger partial charge in [0.2, 0.25) is 0 Å². The number of nitrogens with one attached hydrogen (secondary N) is 2. The fraction of sp³-hybridized carbons (Fsp3) is 0.462. The van der Waals surface area contributed by atoms with Crippen molar-refractivity contribution >= 4 is 35.6 Å². The fourth-order valence-electron chi connectivity index (χ4n) is 1.73. The molecule has 0 aromatic carbocycles. The summed E-state index contributed by atoms with van der Waals surface area (Å²) >= 11 is 0. The number of hydrogen-bond donors (Lipinski definition) is 2. The van der Waals surface area contributed by atoms with Gasteiger partial charge in [-0.05, 0) is 25.5 Å². The molecule has 2 aromatic heterocycles. The van der Waals surface area contributed by atoms with Crippen molar-refractivity contribution in [1.29, 1.82) is 0 Å². The molecule has 0 aliphatic carbocycles. The second-order valence-electron chi connectivity index (χ2n) is 4.17. The van der Waals surface area contributed by atoms with Crippen molar-refractivity contribution in [2.45, 2.75) is 26.8 Å². The van der Waals surface area contributed by atoms with E-state index >= 15 is 0 Å². The topological polar surface area (TPSA) is 66.6 Å². The number of aromatic nitrogens is 3. The van der Waals surface area contributed by atoms with E-state index in [1.54, 1.807) is 0 Å². The third kappa shape index (κ3) is 4.32. The van der Waals surface area contributed by atoms with Gasteiger partial charge in [0.25, 0.3) is 0 Å². The molecule has 110 valence electrons. The van der Waals surface area contributed by atoms with E-state index in [0.29, 0.717) is 6.54 Å². The molecule has 0 atom stereocenters. The van der Waals surface area contributed by atoms with Gasteiger partial charge in [-0.25, -0.2) is 4.99 Å². The van der Waals surface area contributed by atoms with Gasteiger partial charge in [-0.15, -0.1) is 34.2 Å². The number of fused-ring (bicyclic) bond motifs is 1. The fourth-order valence-corrected chi connectivity index (χ4v) is 1.73. The molecule has 0 saturated heterocycles. The molecular formula is C13H21IN6. The molecule has 0 aliphatic heterocycles. The Morgan fingerprint density at radius 3 is 2.85 bits per heavy atom. The Hall–Kier alpha value is -1.38. The van der Waals surface area contributed by atoms with E-state index in [1.165, 1.54) is 0 Å². The lowest BCUT2D eigenvalue weighted by Gasteiger charge is -2.09. The molecule has 2 rings (SSSR count). The van der Waals surface area contributed by atoms with E-state index in [-0.39, 0.29) is 24.0 Å². The van der Waals surface area contributed by atoms with Crippen molar-refractivity contribution in [2.75, 3.05) is 13.1 Å². The summed E-state index contributed by atoms with van der Waals surface area (Å²) < 4.78 is 1.95. The van der Waals surface area contributed by atoms with Gasteiger partial charge in [-0.1, -0.05) is 13.0 Å². The quantitative estimate of drug-likeness (QED) is 0.466. The van der Waals surface area contributed by atoms with Crippen LogP contribution in [-0.2, 0) is 6.54 Å². The first-order chi connectivity index (χ1) is 9.35. The Bertz CT molecular complexity index is 551. The van der Waals surface area contributed by atoms with Crippen molar-refractivity contribution in [1.82, 2.24) is 25.2 Å². The van der Waals surface area contributed by atoms with Gasteiger partial charge in [0.15, 0.2) is 17.4 Å². The molecule has 0 aliphatic rings. The Morgan fingerprint density at radius 2 is 2.10 bits per heavy atom. The van der Waals surface area contributed by atoms with Crippen LogP contribution in [0, 0.1) is 0 Å². The zero-order valence-corrected chi connectivity index (χ0v) is 14.2. The highest BCUT2D eigenvalue weighted by molar-refractivity contribution is 14.0. The van der Waals surface area contributed by atoms with Gasteiger partial charge in [0.05, 0.1) is 0 Å². The zero-order chi connectivity index (χ0) is 13.5. The zero-order valence-electron chi connectivity index (χ0n) is 11.8. The SMILES string of the molecule is CCCNC(=NCc1nnc2ccccn12)NCC.I. The molecule has 2 heterocycles. The van der Waals surface area contributed by atoms with Crippen LogP contribution in [0.5, 0.6) is 0 Å². The van der Waals surface area contributed by atoms with Crippen LogP contribution in [0.1, 0.15) is 26.1 Å². The Labute approximate surface area is 136 Å². The smallest absolute Gasteiger partial charge is 0.191 e. The van der Waals surface area contributed by atoms with Crippen LogP contribution >= 0.6 is 24.0 Å². The van der Waals surface area contributed by atoms with E-state index in [2.05, 4.69) is 39.7 Å². The van der Waals surface area contributed by atoms with Crippen LogP contribution in [-0.4, -0.2) is 33.6 Å². The first-order valence-corrected chi connectivity index (χ1v) is 6.66. The summed E-state index contributed by atoms with van der Waals surface area (Å²) in [5.41, 5.74) is 0.846. The minimum Gasteiger partial charge on any atom is -0.357 e. The lowest BCUT2D eigenvalue weighted by molar-refractivity contribution is 0.776. The number of pyridine rings is 1. The maximum Gasteiger partial charge on any atom is 0.191 e. The summed E-state index contributed by atoms with van der Waals surface area (Å²) in [6.07, 6.45) is 3.02. The van der Waals surface area contributed by atoms with Crippen molar-refractivity contribution in [3.8, 4) is 0 Å². The van der Waals surface area contributed by atoms with Crippen molar-refractivity contribution in [3.05, 3.63) is 30.2 Å². The summed E-state index contributed by atoms with van der Waals surface area (Å²) in [5, 5.41) is 14.7. The summed E-state index contributed by atoms with van der Waals surface area (Å²) in [5.74, 6) is 1.65. The van der Waals surface area contributed by atoms with E-state index in [0.717, 1.165) is 36.9 Å². The minimum absolute atomic E-state index is 0. The van der Waals surface area contributed by atoms with Crippen molar-refractivity contribution in [2.24, 2.45) is 4.99 Å². The second kappa shape index (κ2) is 8.72. The average Bonchev–Trinajstić information content (AvgIpc) is 2.85. The highest BCUT2D eigenvalue weighted by atomic mass is 127. The molecule has 2 N–H and O–H groups in total. The van der Waals surface area contributed by atoms with Gasteiger partial charge < -0.3 is 10.6 Å². The highest BCUT2D eigenvalue weighted by Crippen LogP contribution is 2.03. The van der Waals surface area contributed by atoms with E-state index in [4.69, 9.17) is 0 Å². The third-order valence-electron chi connectivity index (χ3n) is 2.65. The Kier molecular flexibility index (Phi) is 7.27. The molecule has 0 saturated carbocycles. The van der Waals surface area contributed by atoms with Crippen LogP contribution < -0.4 is 10.6 Å². The maximum absolute atomic E-state index is 4.51. The Morgan fingerprint density at radius 1 is 1.25 bits per heavy atom. The molecule has 0 fully saturated rings. The molecular weight excluding hydrogens is 367 g/mol. The number of aliphatic imine (C=N–C) groups is 1. The first-order valence-electron chi connectivity index (χ1n) is 6.66. The van der Waals surface area contributed by atoms with Crippen molar-refractivity contribution < 1.29 is 0 Å². The molecule has 0 amide bonds. The van der Waals surface area contributed by atoms with E-state index in [9.17, 15) is 0 Å². The van der Waals surface area contributed by atoms with Gasteiger partial charge in [0, 0.05) is 19.3 Å². The molecule has 0 bridgehead atoms. The van der Waals surface area contributed by atoms with Gasteiger partial charge in [0.1, 0.15) is 6.54 Å². The van der Waals surface area contributed by atoms with Crippen LogP contribution in [0.15, 0.2) is 29.4 Å². The van der Waals surface area contributed by atoms with Gasteiger partial charge in [-0.3, -0.25) is 4.40 Å². The second-order valence-corrected chi connectivity index (χ2v) is 4.17. The minimum atomic E-state index is 0. The summed E-state index contributed by atoms with van der Waals surface area (Å²) in [4.78, 5) is 4.51. The largest absolute Gasteiger partial charge is 0.357 e. The van der Waals surface area contributed by atoms with Gasteiger partial charge >= 0.3 is 0 Å². The molecule has 20 heavy (non-hydrogen) atoms. The molecule has 6 nitrogen and oxygen atoms in total. The molecule has 7 heteroatoms.